The molecule has 3 aromatic rings. The number of halogens is 4. The lowest BCUT2D eigenvalue weighted by molar-refractivity contribution is -0.158. The van der Waals surface area contributed by atoms with Gasteiger partial charge in [0.2, 0.25) is 0 Å². The molecule has 1 N–H and O–H groups in total. The summed E-state index contributed by atoms with van der Waals surface area (Å²) in [5.41, 5.74) is 3.24. The van der Waals surface area contributed by atoms with Gasteiger partial charge in [-0.15, -0.1) is 0 Å². The van der Waals surface area contributed by atoms with E-state index in [2.05, 4.69) is 11.6 Å². The SMILES string of the molecule is C=C(O)c1cnc(Cl)c(Cc2cn(C)c3cc(OC(C)(F)F)cc(C)c23)c1Cl. The number of aryl methyl sites for hydroxylation is 2. The summed E-state index contributed by atoms with van der Waals surface area (Å²) in [7, 11) is 1.81. The van der Waals surface area contributed by atoms with Crippen molar-refractivity contribution < 1.29 is 18.6 Å². The number of alkyl halides is 2. The highest BCUT2D eigenvalue weighted by atomic mass is 35.5. The monoisotopic (exact) mass is 426 g/mol. The smallest absolute Gasteiger partial charge is 0.394 e. The van der Waals surface area contributed by atoms with Gasteiger partial charge in [0.05, 0.1) is 16.1 Å². The molecule has 0 bridgehead atoms. The number of nitrogens with zero attached hydrogens (tertiary/aromatic N) is 2. The lowest BCUT2D eigenvalue weighted by Gasteiger charge is -2.14. The number of fused-ring (bicyclic) bond motifs is 1. The van der Waals surface area contributed by atoms with E-state index in [-0.39, 0.29) is 21.7 Å². The average molecular weight is 427 g/mol. The van der Waals surface area contributed by atoms with Gasteiger partial charge in [-0.25, -0.2) is 4.98 Å². The zero-order chi connectivity index (χ0) is 20.8. The molecule has 0 saturated carbocycles. The fourth-order valence-electron chi connectivity index (χ4n) is 3.25. The molecule has 148 valence electrons. The fraction of sp³-hybridized carbons (Fsp3) is 0.250. The lowest BCUT2D eigenvalue weighted by atomic mass is 10.0. The maximum absolute atomic E-state index is 13.2. The second-order valence-electron chi connectivity index (χ2n) is 6.69. The van der Waals surface area contributed by atoms with Crippen LogP contribution >= 0.6 is 23.2 Å². The summed E-state index contributed by atoms with van der Waals surface area (Å²) in [5, 5.41) is 11.1. The number of pyridine rings is 1. The van der Waals surface area contributed by atoms with Crippen molar-refractivity contribution in [1.29, 1.82) is 0 Å². The molecule has 2 aromatic heterocycles. The van der Waals surface area contributed by atoms with E-state index in [1.165, 1.54) is 6.20 Å². The van der Waals surface area contributed by atoms with Gasteiger partial charge in [-0.3, -0.25) is 0 Å². The van der Waals surface area contributed by atoms with Crippen molar-refractivity contribution in [3.05, 3.63) is 63.5 Å². The zero-order valence-corrected chi connectivity index (χ0v) is 17.0. The van der Waals surface area contributed by atoms with Crippen molar-refractivity contribution >= 4 is 39.9 Å². The second-order valence-corrected chi connectivity index (χ2v) is 7.42. The Bertz CT molecular complexity index is 1090. The van der Waals surface area contributed by atoms with Crippen LogP contribution in [0.3, 0.4) is 0 Å². The van der Waals surface area contributed by atoms with Gasteiger partial charge in [0, 0.05) is 49.8 Å². The molecule has 0 spiro atoms. The van der Waals surface area contributed by atoms with Gasteiger partial charge in [-0.2, -0.15) is 8.78 Å². The Morgan fingerprint density at radius 2 is 2.04 bits per heavy atom. The van der Waals surface area contributed by atoms with Crippen LogP contribution < -0.4 is 4.74 Å². The second kappa shape index (κ2) is 7.26. The van der Waals surface area contributed by atoms with E-state index in [0.717, 1.165) is 22.0 Å². The number of rotatable bonds is 5. The minimum absolute atomic E-state index is 0.0848. The third-order valence-electron chi connectivity index (χ3n) is 4.37. The van der Waals surface area contributed by atoms with Gasteiger partial charge in [-0.05, 0) is 24.1 Å². The number of aliphatic hydroxyl groups is 1. The molecule has 0 unspecified atom stereocenters. The minimum Gasteiger partial charge on any atom is -0.508 e. The van der Waals surface area contributed by atoms with Crippen molar-refractivity contribution in [2.75, 3.05) is 0 Å². The maximum atomic E-state index is 13.2. The van der Waals surface area contributed by atoms with Crippen LogP contribution in [0.15, 0.2) is 31.1 Å². The van der Waals surface area contributed by atoms with Crippen LogP contribution in [0.4, 0.5) is 8.78 Å². The van der Waals surface area contributed by atoms with Crippen molar-refractivity contribution in [3.63, 3.8) is 0 Å². The van der Waals surface area contributed by atoms with E-state index < -0.39 is 6.11 Å². The first kappa shape index (κ1) is 20.4. The predicted molar refractivity (Wildman–Crippen MR) is 108 cm³/mol. The van der Waals surface area contributed by atoms with Gasteiger partial charge in [0.15, 0.2) is 0 Å². The van der Waals surface area contributed by atoms with Gasteiger partial charge in [0.25, 0.3) is 0 Å². The number of aliphatic hydroxyl groups excluding tert-OH is 1. The zero-order valence-electron chi connectivity index (χ0n) is 15.5. The quantitative estimate of drug-likeness (QED) is 0.384. The van der Waals surface area contributed by atoms with Crippen molar-refractivity contribution in [2.45, 2.75) is 26.4 Å². The Morgan fingerprint density at radius 1 is 1.36 bits per heavy atom. The summed E-state index contributed by atoms with van der Waals surface area (Å²) in [5.74, 6) is -0.117. The molecule has 0 aliphatic carbocycles. The number of hydrogen-bond acceptors (Lipinski definition) is 3. The van der Waals surface area contributed by atoms with Gasteiger partial charge >= 0.3 is 6.11 Å². The molecule has 0 saturated heterocycles. The summed E-state index contributed by atoms with van der Waals surface area (Å²) < 4.78 is 33.0. The summed E-state index contributed by atoms with van der Waals surface area (Å²) in [4.78, 5) is 4.07. The summed E-state index contributed by atoms with van der Waals surface area (Å²) in [6.07, 6.45) is 0.306. The summed E-state index contributed by atoms with van der Waals surface area (Å²) >= 11 is 12.6. The molecule has 0 aliphatic heterocycles. The Hall–Kier alpha value is -2.31. The molecule has 4 nitrogen and oxygen atoms in total. The van der Waals surface area contributed by atoms with Crippen molar-refractivity contribution in [2.24, 2.45) is 7.05 Å². The first-order valence-corrected chi connectivity index (χ1v) is 9.10. The largest absolute Gasteiger partial charge is 0.508 e. The lowest BCUT2D eigenvalue weighted by Crippen LogP contribution is -2.19. The van der Waals surface area contributed by atoms with Crippen LogP contribution in [0.2, 0.25) is 10.2 Å². The molecule has 2 heterocycles. The number of aromatic nitrogens is 2. The number of hydrogen-bond donors (Lipinski definition) is 1. The Balaban J connectivity index is 2.11. The summed E-state index contributed by atoms with van der Waals surface area (Å²) in [6.45, 7) is 6.00. The fourth-order valence-corrected chi connectivity index (χ4v) is 3.82. The molecular formula is C20H18Cl2F2N2O2. The third kappa shape index (κ3) is 3.93. The van der Waals surface area contributed by atoms with E-state index in [9.17, 15) is 13.9 Å². The standard InChI is InChI=1S/C20H18Cl2F2N2O2/c1-10-5-13(28-20(3,23)24)7-16-17(10)12(9-26(16)4)6-14-18(21)15(11(2)27)8-25-19(14)22/h5,7-9,27H,2,6H2,1,3-4H3. The molecule has 3 rings (SSSR count). The predicted octanol–water partition coefficient (Wildman–Crippen LogP) is 6.30. The van der Waals surface area contributed by atoms with Gasteiger partial charge in [-0.1, -0.05) is 29.8 Å². The highest BCUT2D eigenvalue weighted by Gasteiger charge is 2.24. The molecule has 0 amide bonds. The van der Waals surface area contributed by atoms with Crippen LogP contribution in [0.5, 0.6) is 5.75 Å². The normalized spacial score (nSPS) is 11.8. The molecule has 28 heavy (non-hydrogen) atoms. The van der Waals surface area contributed by atoms with Crippen molar-refractivity contribution in [1.82, 2.24) is 9.55 Å². The van der Waals surface area contributed by atoms with Crippen LogP contribution in [-0.2, 0) is 13.5 Å². The topological polar surface area (TPSA) is 47.3 Å². The van der Waals surface area contributed by atoms with Crippen LogP contribution in [0, 0.1) is 6.92 Å². The van der Waals surface area contributed by atoms with E-state index >= 15 is 0 Å². The number of benzene rings is 1. The van der Waals surface area contributed by atoms with E-state index in [1.807, 2.05) is 24.7 Å². The Morgan fingerprint density at radius 3 is 2.64 bits per heavy atom. The maximum Gasteiger partial charge on any atom is 0.394 e. The molecule has 0 aliphatic rings. The molecule has 0 fully saturated rings. The van der Waals surface area contributed by atoms with Crippen LogP contribution in [-0.4, -0.2) is 20.8 Å². The molecule has 8 heteroatoms. The number of ether oxygens (including phenoxy) is 1. The van der Waals surface area contributed by atoms with Gasteiger partial charge in [0.1, 0.15) is 16.7 Å². The highest BCUT2D eigenvalue weighted by molar-refractivity contribution is 6.36. The third-order valence-corrected chi connectivity index (χ3v) is 5.13. The molecule has 1 aromatic carbocycles. The molecule has 0 atom stereocenters. The van der Waals surface area contributed by atoms with E-state index in [1.54, 1.807) is 12.1 Å². The first-order valence-electron chi connectivity index (χ1n) is 8.34. The van der Waals surface area contributed by atoms with Gasteiger partial charge < -0.3 is 14.4 Å². The Kier molecular flexibility index (Phi) is 5.30. The van der Waals surface area contributed by atoms with Crippen LogP contribution in [0.1, 0.15) is 29.2 Å². The summed E-state index contributed by atoms with van der Waals surface area (Å²) in [6, 6.07) is 3.13. The van der Waals surface area contributed by atoms with Crippen LogP contribution in [0.25, 0.3) is 16.7 Å². The minimum atomic E-state index is -3.27. The highest BCUT2D eigenvalue weighted by Crippen LogP contribution is 2.36. The average Bonchev–Trinajstić information content (AvgIpc) is 2.86. The van der Waals surface area contributed by atoms with E-state index in [0.29, 0.717) is 24.5 Å². The molecule has 0 radical (unpaired) electrons. The first-order chi connectivity index (χ1) is 13.0. The van der Waals surface area contributed by atoms with E-state index in [4.69, 9.17) is 27.9 Å². The Labute approximate surface area is 171 Å². The molecular weight excluding hydrogens is 409 g/mol. The van der Waals surface area contributed by atoms with Crippen molar-refractivity contribution in [3.8, 4) is 5.75 Å².